The number of hydrogen-bond acceptors (Lipinski definition) is 6. The number of ether oxygens (including phenoxy) is 1. The maximum atomic E-state index is 13.1. The predicted octanol–water partition coefficient (Wildman–Crippen LogP) is 0.137. The van der Waals surface area contributed by atoms with E-state index in [9.17, 15) is 18.3 Å². The van der Waals surface area contributed by atoms with Crippen LogP contribution in [0.1, 0.15) is 17.3 Å². The summed E-state index contributed by atoms with van der Waals surface area (Å²) in [5.74, 6) is 0.627. The van der Waals surface area contributed by atoms with E-state index in [-0.39, 0.29) is 19.1 Å². The van der Waals surface area contributed by atoms with Crippen molar-refractivity contribution >= 4 is 26.8 Å². The van der Waals surface area contributed by atoms with E-state index in [0.717, 1.165) is 22.2 Å². The minimum atomic E-state index is -3.33. The number of likely N-dealkylation sites (N-methyl/N-ethyl adjacent to an activating group) is 1. The number of aromatic nitrogens is 1. The topological polar surface area (TPSA) is 95.3 Å². The Labute approximate surface area is 182 Å². The molecule has 4 rings (SSSR count). The molecule has 0 aliphatic carbocycles. The number of sulfonamides is 1. The summed E-state index contributed by atoms with van der Waals surface area (Å²) in [6, 6.07) is 5.32. The molecule has 0 bridgehead atoms. The molecule has 1 N–H and O–H groups in total. The van der Waals surface area contributed by atoms with Gasteiger partial charge in [-0.3, -0.25) is 4.79 Å². The van der Waals surface area contributed by atoms with Gasteiger partial charge in [0.15, 0.2) is 0 Å². The van der Waals surface area contributed by atoms with E-state index in [4.69, 9.17) is 4.74 Å². The van der Waals surface area contributed by atoms with Gasteiger partial charge in [0.25, 0.3) is 0 Å². The van der Waals surface area contributed by atoms with Crippen molar-refractivity contribution in [3.63, 3.8) is 0 Å². The fraction of sp³-hybridized carbons (Fsp3) is 0.571. The normalized spacial score (nSPS) is 20.9. The quantitative estimate of drug-likeness (QED) is 0.696. The number of amides is 1. The number of aryl methyl sites for hydroxylation is 1. The molecule has 9 nitrogen and oxygen atoms in total. The maximum absolute atomic E-state index is 13.1. The summed E-state index contributed by atoms with van der Waals surface area (Å²) in [5.41, 5.74) is 2.31. The van der Waals surface area contributed by atoms with Gasteiger partial charge in [0, 0.05) is 49.2 Å². The third-order valence-electron chi connectivity index (χ3n) is 6.52. The van der Waals surface area contributed by atoms with E-state index in [0.29, 0.717) is 25.4 Å². The number of carbonyl (C=O) groups excluding carboxylic acids is 1. The molecule has 2 aliphatic rings. The number of fused-ring (bicyclic) bond motifs is 4. The summed E-state index contributed by atoms with van der Waals surface area (Å²) in [5, 5.41) is 11.3. The molecule has 3 heterocycles. The van der Waals surface area contributed by atoms with Gasteiger partial charge in [-0.2, -0.15) is 0 Å². The van der Waals surface area contributed by atoms with Crippen LogP contribution >= 0.6 is 0 Å². The van der Waals surface area contributed by atoms with Gasteiger partial charge in [-0.15, -0.1) is 0 Å². The van der Waals surface area contributed by atoms with Gasteiger partial charge < -0.3 is 24.2 Å². The molecule has 0 saturated carbocycles. The van der Waals surface area contributed by atoms with Gasteiger partial charge >= 0.3 is 0 Å². The lowest BCUT2D eigenvalue weighted by Crippen LogP contribution is -2.68. The van der Waals surface area contributed by atoms with Crippen molar-refractivity contribution < 1.29 is 23.1 Å². The monoisotopic (exact) mass is 450 g/mol. The van der Waals surface area contributed by atoms with Crippen molar-refractivity contribution in [2.45, 2.75) is 11.5 Å². The van der Waals surface area contributed by atoms with Gasteiger partial charge in [-0.25, -0.2) is 12.7 Å². The Morgan fingerprint density at radius 1 is 1.29 bits per heavy atom. The number of aliphatic hydroxyl groups is 1. The largest absolute Gasteiger partial charge is 0.497 e. The minimum Gasteiger partial charge on any atom is -0.497 e. The SMILES string of the molecule is COc1ccc2c3c(n(C)c2c1)[C@@H](CO)N(C(=O)CN(C)C)CC31CN(S(C)(=O)=O)C1. The van der Waals surface area contributed by atoms with Gasteiger partial charge in [0.2, 0.25) is 15.9 Å². The van der Waals surface area contributed by atoms with Crippen molar-refractivity contribution in [3.8, 4) is 5.75 Å². The fourth-order valence-corrected chi connectivity index (χ4v) is 6.07. The van der Waals surface area contributed by atoms with E-state index in [1.54, 1.807) is 16.9 Å². The molecule has 1 saturated heterocycles. The van der Waals surface area contributed by atoms with Gasteiger partial charge in [-0.1, -0.05) is 0 Å². The highest BCUT2D eigenvalue weighted by Crippen LogP contribution is 2.50. The lowest BCUT2D eigenvalue weighted by atomic mass is 9.70. The number of hydrogen-bond donors (Lipinski definition) is 1. The number of benzene rings is 1. The standard InChI is InChI=1S/C21H30N4O5S/c1-22(2)9-18(27)25-13-21(11-24(12-21)31(5,28)29)19-15-7-6-14(30-4)8-16(15)23(3)20(19)17(25)10-26/h6-8,17,26H,9-13H2,1-5H3/t17-/m1/s1. The number of rotatable bonds is 5. The van der Waals surface area contributed by atoms with Crippen molar-refractivity contribution in [3.05, 3.63) is 29.5 Å². The molecule has 1 atom stereocenters. The first-order chi connectivity index (χ1) is 14.5. The first-order valence-corrected chi connectivity index (χ1v) is 12.0. The average molecular weight is 451 g/mol. The zero-order valence-corrected chi connectivity index (χ0v) is 19.4. The molecular formula is C21H30N4O5S. The Kier molecular flexibility index (Phi) is 5.32. The van der Waals surface area contributed by atoms with Crippen LogP contribution in [0, 0.1) is 0 Å². The molecule has 1 aromatic carbocycles. The van der Waals surface area contributed by atoms with E-state index in [1.807, 2.05) is 43.9 Å². The average Bonchev–Trinajstić information content (AvgIpc) is 2.96. The number of aliphatic hydroxyl groups excluding tert-OH is 1. The second kappa shape index (κ2) is 7.47. The van der Waals surface area contributed by atoms with Crippen LogP contribution in [0.3, 0.4) is 0 Å². The van der Waals surface area contributed by atoms with Gasteiger partial charge in [0.05, 0.1) is 38.1 Å². The van der Waals surface area contributed by atoms with E-state index >= 15 is 0 Å². The summed E-state index contributed by atoms with van der Waals surface area (Å²) in [7, 11) is 3.86. The zero-order chi connectivity index (χ0) is 22.7. The third-order valence-corrected chi connectivity index (χ3v) is 7.72. The van der Waals surface area contributed by atoms with Crippen LogP contribution in [0.15, 0.2) is 18.2 Å². The number of methoxy groups -OCH3 is 1. The van der Waals surface area contributed by atoms with Crippen molar-refractivity contribution in [2.75, 3.05) is 60.2 Å². The van der Waals surface area contributed by atoms with Crippen LogP contribution < -0.4 is 4.74 Å². The molecule has 1 spiro atoms. The highest BCUT2D eigenvalue weighted by Gasteiger charge is 2.56. The summed E-state index contributed by atoms with van der Waals surface area (Å²) < 4.78 is 33.2. The summed E-state index contributed by atoms with van der Waals surface area (Å²) in [6.07, 6.45) is 1.21. The van der Waals surface area contributed by atoms with Crippen LogP contribution in [0.4, 0.5) is 0 Å². The first-order valence-electron chi connectivity index (χ1n) is 10.2. The van der Waals surface area contributed by atoms with Crippen molar-refractivity contribution in [2.24, 2.45) is 7.05 Å². The van der Waals surface area contributed by atoms with Gasteiger partial charge in [0.1, 0.15) is 5.75 Å². The Bertz CT molecular complexity index is 1130. The Hall–Kier alpha value is -2.14. The van der Waals surface area contributed by atoms with E-state index < -0.39 is 21.5 Å². The number of carbonyl (C=O) groups is 1. The summed E-state index contributed by atoms with van der Waals surface area (Å²) >= 11 is 0. The van der Waals surface area contributed by atoms with Crippen LogP contribution in [-0.4, -0.2) is 98.4 Å². The lowest BCUT2D eigenvalue weighted by molar-refractivity contribution is -0.138. The third kappa shape index (κ3) is 3.42. The molecular weight excluding hydrogens is 420 g/mol. The number of nitrogens with zero attached hydrogens (tertiary/aromatic N) is 4. The summed E-state index contributed by atoms with van der Waals surface area (Å²) in [4.78, 5) is 16.7. The Morgan fingerprint density at radius 2 is 1.97 bits per heavy atom. The smallest absolute Gasteiger partial charge is 0.237 e. The second-order valence-electron chi connectivity index (χ2n) is 8.97. The van der Waals surface area contributed by atoms with Crippen LogP contribution in [0.25, 0.3) is 10.9 Å². The summed E-state index contributed by atoms with van der Waals surface area (Å²) in [6.45, 7) is 1.01. The molecule has 10 heteroatoms. The maximum Gasteiger partial charge on any atom is 0.237 e. The molecule has 1 fully saturated rings. The van der Waals surface area contributed by atoms with E-state index in [2.05, 4.69) is 0 Å². The highest BCUT2D eigenvalue weighted by atomic mass is 32.2. The molecule has 1 aromatic heterocycles. The Morgan fingerprint density at radius 3 is 2.52 bits per heavy atom. The molecule has 0 radical (unpaired) electrons. The van der Waals surface area contributed by atoms with Crippen LogP contribution in [-0.2, 0) is 27.3 Å². The van der Waals surface area contributed by atoms with Crippen LogP contribution in [0.5, 0.6) is 5.75 Å². The lowest BCUT2D eigenvalue weighted by Gasteiger charge is -2.55. The minimum absolute atomic E-state index is 0.0882. The zero-order valence-electron chi connectivity index (χ0n) is 18.6. The molecule has 2 aliphatic heterocycles. The Balaban J connectivity index is 1.92. The molecule has 170 valence electrons. The fourth-order valence-electron chi connectivity index (χ4n) is 5.10. The van der Waals surface area contributed by atoms with Gasteiger partial charge in [-0.05, 0) is 31.8 Å². The van der Waals surface area contributed by atoms with Crippen molar-refractivity contribution in [1.82, 2.24) is 18.7 Å². The predicted molar refractivity (Wildman–Crippen MR) is 118 cm³/mol. The van der Waals surface area contributed by atoms with Crippen LogP contribution in [0.2, 0.25) is 0 Å². The molecule has 2 aromatic rings. The van der Waals surface area contributed by atoms with Crippen molar-refractivity contribution in [1.29, 1.82) is 0 Å². The second-order valence-corrected chi connectivity index (χ2v) is 11.0. The molecule has 1 amide bonds. The highest BCUT2D eigenvalue weighted by molar-refractivity contribution is 7.88. The molecule has 0 unspecified atom stereocenters. The molecule has 31 heavy (non-hydrogen) atoms. The first kappa shape index (κ1) is 22.1. The van der Waals surface area contributed by atoms with E-state index in [1.165, 1.54) is 10.6 Å².